The van der Waals surface area contributed by atoms with Gasteiger partial charge in [0.15, 0.2) is 0 Å². The summed E-state index contributed by atoms with van der Waals surface area (Å²) in [5.41, 5.74) is 0. The van der Waals surface area contributed by atoms with E-state index in [-0.39, 0.29) is 0 Å². The first-order valence-corrected chi connectivity index (χ1v) is 5.45. The second kappa shape index (κ2) is 3.30. The van der Waals surface area contributed by atoms with Crippen molar-refractivity contribution in [2.24, 2.45) is 0 Å². The first-order valence-electron chi connectivity index (χ1n) is 1.54. The lowest BCUT2D eigenvalue weighted by Crippen LogP contribution is -2.03. The zero-order chi connectivity index (χ0) is 7.71. The minimum Gasteiger partial charge on any atom is -0.303 e. The van der Waals surface area contributed by atoms with Crippen LogP contribution in [0.5, 0.6) is 0 Å². The van der Waals surface area contributed by atoms with Crippen molar-refractivity contribution >= 4 is 55.6 Å². The quantitative estimate of drug-likeness (QED) is 0.561. The molecule has 0 atom stereocenters. The van der Waals surface area contributed by atoms with Gasteiger partial charge in [-0.2, -0.15) is 0 Å². The number of phosphoric acid groups is 1. The topological polar surface area (TPSA) is 66.8 Å². The van der Waals surface area contributed by atoms with Gasteiger partial charge in [-0.25, -0.2) is 9.09 Å². The SMILES string of the molecule is O=P(O)(O)OC(Br)(Br)Br. The molecular weight excluding hydrogens is 347 g/mol. The fourth-order valence-corrected chi connectivity index (χ4v) is 2.10. The Morgan fingerprint density at radius 2 is 1.67 bits per heavy atom. The van der Waals surface area contributed by atoms with Crippen molar-refractivity contribution in [3.63, 3.8) is 0 Å². The predicted molar refractivity (Wildman–Crippen MR) is 42.6 cm³/mol. The molecule has 4 nitrogen and oxygen atoms in total. The van der Waals surface area contributed by atoms with E-state index in [9.17, 15) is 4.57 Å². The third kappa shape index (κ3) is 9.55. The maximum absolute atomic E-state index is 10.0. The lowest BCUT2D eigenvalue weighted by Gasteiger charge is -2.12. The molecule has 0 fully saturated rings. The van der Waals surface area contributed by atoms with Gasteiger partial charge in [-0.3, -0.25) is 0 Å². The van der Waals surface area contributed by atoms with Gasteiger partial charge >= 0.3 is 7.82 Å². The van der Waals surface area contributed by atoms with Crippen molar-refractivity contribution in [1.82, 2.24) is 0 Å². The molecule has 0 aromatic heterocycles. The highest BCUT2D eigenvalue weighted by Crippen LogP contribution is 2.49. The summed E-state index contributed by atoms with van der Waals surface area (Å²) in [5.74, 6) is 0. The Hall–Kier alpha value is 1.55. The zero-order valence-electron chi connectivity index (χ0n) is 3.79. The van der Waals surface area contributed by atoms with Gasteiger partial charge in [-0.1, -0.05) is 0 Å². The summed E-state index contributed by atoms with van der Waals surface area (Å²) in [6, 6.07) is 0. The molecule has 0 aliphatic heterocycles. The first kappa shape index (κ1) is 10.6. The summed E-state index contributed by atoms with van der Waals surface area (Å²) >= 11 is 8.20. The Morgan fingerprint density at radius 1 is 1.33 bits per heavy atom. The van der Waals surface area contributed by atoms with Crippen LogP contribution in [0.3, 0.4) is 0 Å². The van der Waals surface area contributed by atoms with E-state index in [0.717, 1.165) is 0 Å². The molecule has 0 bridgehead atoms. The molecule has 8 heteroatoms. The van der Waals surface area contributed by atoms with E-state index in [0.29, 0.717) is 0 Å². The number of hydrogen-bond acceptors (Lipinski definition) is 2. The molecule has 0 spiro atoms. The van der Waals surface area contributed by atoms with Gasteiger partial charge in [-0.05, 0) is 47.8 Å². The van der Waals surface area contributed by atoms with E-state index < -0.39 is 10.2 Å². The third-order valence-electron chi connectivity index (χ3n) is 0.222. The molecular formula is CH2Br3O4P. The van der Waals surface area contributed by atoms with Crippen molar-refractivity contribution in [1.29, 1.82) is 0 Å². The summed E-state index contributed by atoms with van der Waals surface area (Å²) in [7, 11) is -4.43. The molecule has 0 rings (SSSR count). The van der Waals surface area contributed by atoms with E-state index in [1.807, 2.05) is 0 Å². The van der Waals surface area contributed by atoms with Gasteiger partial charge in [0.1, 0.15) is 0 Å². The fraction of sp³-hybridized carbons (Fsp3) is 1.00. The van der Waals surface area contributed by atoms with Crippen LogP contribution in [0.1, 0.15) is 0 Å². The summed E-state index contributed by atoms with van der Waals surface area (Å²) in [6.07, 6.45) is 0. The number of hydrogen-bond donors (Lipinski definition) is 2. The molecule has 2 N–H and O–H groups in total. The molecule has 0 radical (unpaired) electrons. The van der Waals surface area contributed by atoms with Crippen LogP contribution in [-0.4, -0.2) is 12.1 Å². The smallest absolute Gasteiger partial charge is 0.303 e. The largest absolute Gasteiger partial charge is 0.472 e. The standard InChI is InChI=1S/CH2Br3O4P/c2-1(3,4)8-9(5,6)7/h(H2,5,6,7). The van der Waals surface area contributed by atoms with Crippen molar-refractivity contribution in [2.45, 2.75) is 2.33 Å². The van der Waals surface area contributed by atoms with E-state index in [4.69, 9.17) is 9.79 Å². The average Bonchev–Trinajstić information content (AvgIpc) is 1.14. The molecule has 0 aromatic rings. The zero-order valence-corrected chi connectivity index (χ0v) is 9.44. The van der Waals surface area contributed by atoms with Crippen LogP contribution in [0.2, 0.25) is 0 Å². The molecule has 0 saturated heterocycles. The van der Waals surface area contributed by atoms with Crippen LogP contribution in [-0.2, 0) is 9.09 Å². The van der Waals surface area contributed by atoms with Crippen LogP contribution >= 0.6 is 55.6 Å². The van der Waals surface area contributed by atoms with Gasteiger partial charge in [0.2, 0.25) is 2.33 Å². The highest BCUT2D eigenvalue weighted by molar-refractivity contribution is 9.39. The Labute approximate surface area is 76.6 Å². The maximum Gasteiger partial charge on any atom is 0.472 e. The van der Waals surface area contributed by atoms with Gasteiger partial charge in [0, 0.05) is 0 Å². The molecule has 0 aliphatic rings. The summed E-state index contributed by atoms with van der Waals surface area (Å²) in [5, 5.41) is 0. The van der Waals surface area contributed by atoms with Crippen molar-refractivity contribution in [2.75, 3.05) is 0 Å². The maximum atomic E-state index is 10.0. The Morgan fingerprint density at radius 3 is 1.67 bits per heavy atom. The van der Waals surface area contributed by atoms with Crippen molar-refractivity contribution in [3.05, 3.63) is 0 Å². The van der Waals surface area contributed by atoms with Crippen LogP contribution in [0.25, 0.3) is 0 Å². The lowest BCUT2D eigenvalue weighted by molar-refractivity contribution is 0.212. The molecule has 0 aromatic carbocycles. The van der Waals surface area contributed by atoms with Crippen LogP contribution in [0, 0.1) is 0 Å². The monoisotopic (exact) mass is 346 g/mol. The van der Waals surface area contributed by atoms with Crippen LogP contribution in [0.15, 0.2) is 0 Å². The lowest BCUT2D eigenvalue weighted by atomic mass is 11.7. The summed E-state index contributed by atoms with van der Waals surface area (Å²) in [6.45, 7) is 0. The minimum absolute atomic E-state index is 1.34. The van der Waals surface area contributed by atoms with Gasteiger partial charge in [0.05, 0.1) is 0 Å². The van der Waals surface area contributed by atoms with Crippen molar-refractivity contribution in [3.8, 4) is 0 Å². The highest BCUT2D eigenvalue weighted by atomic mass is 80.0. The molecule has 0 heterocycles. The van der Waals surface area contributed by atoms with E-state index in [1.165, 1.54) is 0 Å². The van der Waals surface area contributed by atoms with E-state index in [1.54, 1.807) is 0 Å². The number of phosphoric ester groups is 1. The van der Waals surface area contributed by atoms with Crippen molar-refractivity contribution < 1.29 is 18.9 Å². The fourth-order valence-electron chi connectivity index (χ4n) is 0.135. The number of halogens is 3. The number of alkyl halides is 3. The Bertz CT molecular complexity index is 133. The predicted octanol–water partition coefficient (Wildman–Crippen LogP) is 1.89. The van der Waals surface area contributed by atoms with Gasteiger partial charge in [-0.15, -0.1) is 0 Å². The molecule has 0 unspecified atom stereocenters. The molecule has 9 heavy (non-hydrogen) atoms. The molecule has 0 saturated carbocycles. The minimum atomic E-state index is -4.43. The van der Waals surface area contributed by atoms with Crippen LogP contribution in [0.4, 0.5) is 0 Å². The normalized spacial score (nSPS) is 13.9. The second-order valence-corrected chi connectivity index (χ2v) is 8.73. The van der Waals surface area contributed by atoms with Crippen LogP contribution < -0.4 is 0 Å². The van der Waals surface area contributed by atoms with Gasteiger partial charge < -0.3 is 9.79 Å². The first-order chi connectivity index (χ1) is 3.71. The molecule has 56 valence electrons. The summed E-state index contributed by atoms with van der Waals surface area (Å²) in [4.78, 5) is 16.3. The average molecular weight is 349 g/mol. The third-order valence-corrected chi connectivity index (χ3v) is 1.97. The second-order valence-electron chi connectivity index (χ2n) is 1.03. The number of rotatable bonds is 1. The Balaban J connectivity index is 3.90. The van der Waals surface area contributed by atoms with Gasteiger partial charge in [0.25, 0.3) is 0 Å². The summed E-state index contributed by atoms with van der Waals surface area (Å²) < 4.78 is 12.7. The van der Waals surface area contributed by atoms with E-state index >= 15 is 0 Å². The highest BCUT2D eigenvalue weighted by Gasteiger charge is 2.29. The Kier molecular flexibility index (Phi) is 3.87. The molecule has 0 amide bonds. The molecule has 0 aliphatic carbocycles. The van der Waals surface area contributed by atoms with E-state index in [2.05, 4.69) is 52.3 Å².